The third kappa shape index (κ3) is 3.60. The highest BCUT2D eigenvalue weighted by atomic mass is 16.5. The summed E-state index contributed by atoms with van der Waals surface area (Å²) < 4.78 is 15.2. The second-order valence-corrected chi connectivity index (χ2v) is 5.51. The first-order valence-electron chi connectivity index (χ1n) is 8.22. The van der Waals surface area contributed by atoms with Crippen LogP contribution in [0.2, 0.25) is 0 Å². The van der Waals surface area contributed by atoms with Gasteiger partial charge < -0.3 is 19.2 Å². The summed E-state index contributed by atoms with van der Waals surface area (Å²) in [5.74, 6) is -2.60. The zero-order valence-electron chi connectivity index (χ0n) is 14.2. The molecule has 132 valence electrons. The van der Waals surface area contributed by atoms with Gasteiger partial charge in [-0.2, -0.15) is 0 Å². The van der Waals surface area contributed by atoms with Crippen LogP contribution in [0.15, 0.2) is 6.20 Å². The van der Waals surface area contributed by atoms with Crippen molar-refractivity contribution in [3.8, 4) is 0 Å². The molecule has 0 saturated carbocycles. The van der Waals surface area contributed by atoms with E-state index in [1.54, 1.807) is 27.0 Å². The van der Waals surface area contributed by atoms with Gasteiger partial charge in [0.25, 0.3) is 0 Å². The van der Waals surface area contributed by atoms with E-state index in [1.165, 1.54) is 0 Å². The highest BCUT2D eigenvalue weighted by Crippen LogP contribution is 2.34. The van der Waals surface area contributed by atoms with E-state index >= 15 is 0 Å². The standard InChI is InChI=1S/C17H23NO6/c1-4-22-15(19)12-7-10-9-18-14(17(21)24-6-3)11(10)8-13(12)16(20)23-5-2/h9,12-13,18H,4-8H2,1-3H3/t12-,13-/m0/s1. The number of carbonyl (C=O) groups excluding carboxylic acids is 3. The van der Waals surface area contributed by atoms with Crippen LogP contribution >= 0.6 is 0 Å². The SMILES string of the molecule is CCOC(=O)c1[nH]cc2c1C[C@H](C(=O)OCC)[C@@H](C(=O)OCC)C2. The zero-order chi connectivity index (χ0) is 17.7. The van der Waals surface area contributed by atoms with E-state index < -0.39 is 29.7 Å². The minimum Gasteiger partial charge on any atom is -0.466 e. The molecule has 2 atom stereocenters. The molecular formula is C17H23NO6. The molecule has 1 aromatic heterocycles. The van der Waals surface area contributed by atoms with Gasteiger partial charge >= 0.3 is 17.9 Å². The van der Waals surface area contributed by atoms with E-state index in [0.717, 1.165) is 5.56 Å². The van der Waals surface area contributed by atoms with E-state index in [-0.39, 0.29) is 26.2 Å². The maximum Gasteiger partial charge on any atom is 0.355 e. The number of esters is 3. The summed E-state index contributed by atoms with van der Waals surface area (Å²) in [4.78, 5) is 39.5. The third-order valence-corrected chi connectivity index (χ3v) is 4.09. The summed E-state index contributed by atoms with van der Waals surface area (Å²) in [6.45, 7) is 5.91. The van der Waals surface area contributed by atoms with Crippen LogP contribution in [0.1, 0.15) is 42.4 Å². The molecule has 7 heteroatoms. The van der Waals surface area contributed by atoms with Crippen molar-refractivity contribution in [1.29, 1.82) is 0 Å². The largest absolute Gasteiger partial charge is 0.466 e. The Morgan fingerprint density at radius 3 is 2.04 bits per heavy atom. The number of nitrogens with one attached hydrogen (secondary N) is 1. The lowest BCUT2D eigenvalue weighted by atomic mass is 9.76. The lowest BCUT2D eigenvalue weighted by Gasteiger charge is -2.28. The highest BCUT2D eigenvalue weighted by Gasteiger charge is 2.41. The molecule has 0 unspecified atom stereocenters. The molecule has 0 aromatic carbocycles. The topological polar surface area (TPSA) is 94.7 Å². The lowest BCUT2D eigenvalue weighted by Crippen LogP contribution is -2.38. The first kappa shape index (κ1) is 18.0. The van der Waals surface area contributed by atoms with Gasteiger partial charge in [-0.25, -0.2) is 4.79 Å². The molecule has 0 amide bonds. The molecule has 0 saturated heterocycles. The second-order valence-electron chi connectivity index (χ2n) is 5.51. The minimum absolute atomic E-state index is 0.232. The number of fused-ring (bicyclic) bond motifs is 1. The van der Waals surface area contributed by atoms with E-state index in [0.29, 0.717) is 17.7 Å². The number of aromatic nitrogens is 1. The molecular weight excluding hydrogens is 314 g/mol. The van der Waals surface area contributed by atoms with Gasteiger partial charge in [0.05, 0.1) is 31.7 Å². The van der Waals surface area contributed by atoms with Crippen molar-refractivity contribution in [3.63, 3.8) is 0 Å². The Labute approximate surface area is 140 Å². The number of rotatable bonds is 6. The van der Waals surface area contributed by atoms with Crippen LogP contribution in [0, 0.1) is 11.8 Å². The molecule has 7 nitrogen and oxygen atoms in total. The summed E-state index contributed by atoms with van der Waals surface area (Å²) in [6.07, 6.45) is 2.26. The number of carbonyl (C=O) groups is 3. The molecule has 1 aliphatic rings. The van der Waals surface area contributed by atoms with Gasteiger partial charge in [0, 0.05) is 6.20 Å². The molecule has 1 aliphatic carbocycles. The van der Waals surface area contributed by atoms with Crippen molar-refractivity contribution in [2.45, 2.75) is 33.6 Å². The van der Waals surface area contributed by atoms with Crippen LogP contribution in [0.3, 0.4) is 0 Å². The predicted octanol–water partition coefficient (Wildman–Crippen LogP) is 1.65. The van der Waals surface area contributed by atoms with E-state index in [4.69, 9.17) is 14.2 Å². The van der Waals surface area contributed by atoms with Crippen LogP contribution in [0.4, 0.5) is 0 Å². The Balaban J connectivity index is 2.32. The van der Waals surface area contributed by atoms with Gasteiger partial charge in [-0.05, 0) is 44.7 Å². The number of H-pyrrole nitrogens is 1. The Hall–Kier alpha value is -2.31. The van der Waals surface area contributed by atoms with Gasteiger partial charge in [-0.1, -0.05) is 0 Å². The molecule has 1 N–H and O–H groups in total. The van der Waals surface area contributed by atoms with Gasteiger partial charge in [0.15, 0.2) is 0 Å². The Bertz CT molecular complexity index is 621. The summed E-state index contributed by atoms with van der Waals surface area (Å²) >= 11 is 0. The fraction of sp³-hybridized carbons (Fsp3) is 0.588. The van der Waals surface area contributed by atoms with Crippen molar-refractivity contribution in [2.75, 3.05) is 19.8 Å². The molecule has 0 bridgehead atoms. The van der Waals surface area contributed by atoms with Crippen molar-refractivity contribution >= 4 is 17.9 Å². The number of ether oxygens (including phenoxy) is 3. The minimum atomic E-state index is -0.666. The Kier molecular flexibility index (Phi) is 6.00. The van der Waals surface area contributed by atoms with Crippen molar-refractivity contribution in [1.82, 2.24) is 4.98 Å². The number of hydrogen-bond acceptors (Lipinski definition) is 6. The summed E-state index contributed by atoms with van der Waals surface area (Å²) in [7, 11) is 0. The molecule has 2 rings (SSSR count). The van der Waals surface area contributed by atoms with Crippen LogP contribution in [-0.4, -0.2) is 42.7 Å². The lowest BCUT2D eigenvalue weighted by molar-refractivity contribution is -0.160. The van der Waals surface area contributed by atoms with Gasteiger partial charge in [-0.15, -0.1) is 0 Å². The molecule has 24 heavy (non-hydrogen) atoms. The number of hydrogen-bond donors (Lipinski definition) is 1. The Morgan fingerprint density at radius 1 is 0.958 bits per heavy atom. The van der Waals surface area contributed by atoms with Crippen molar-refractivity contribution in [3.05, 3.63) is 23.0 Å². The summed E-state index contributed by atoms with van der Waals surface area (Å²) in [5, 5.41) is 0. The fourth-order valence-corrected chi connectivity index (χ4v) is 3.03. The van der Waals surface area contributed by atoms with E-state index in [9.17, 15) is 14.4 Å². The van der Waals surface area contributed by atoms with Crippen molar-refractivity contribution in [2.24, 2.45) is 11.8 Å². The van der Waals surface area contributed by atoms with Gasteiger partial charge in [0.2, 0.25) is 0 Å². The normalized spacial score (nSPS) is 19.3. The second kappa shape index (κ2) is 7.99. The first-order valence-corrected chi connectivity index (χ1v) is 8.22. The van der Waals surface area contributed by atoms with E-state index in [1.807, 2.05) is 0 Å². The molecule has 0 aliphatic heterocycles. The highest BCUT2D eigenvalue weighted by molar-refractivity contribution is 5.91. The van der Waals surface area contributed by atoms with Crippen LogP contribution in [0.5, 0.6) is 0 Å². The summed E-state index contributed by atoms with van der Waals surface area (Å²) in [6, 6.07) is 0. The molecule has 1 heterocycles. The maximum atomic E-state index is 12.3. The fourth-order valence-electron chi connectivity index (χ4n) is 3.03. The van der Waals surface area contributed by atoms with Gasteiger partial charge in [0.1, 0.15) is 5.69 Å². The maximum absolute atomic E-state index is 12.3. The Morgan fingerprint density at radius 2 is 1.50 bits per heavy atom. The molecule has 0 spiro atoms. The average molecular weight is 337 g/mol. The van der Waals surface area contributed by atoms with Crippen molar-refractivity contribution < 1.29 is 28.6 Å². The molecule has 1 aromatic rings. The predicted molar refractivity (Wildman–Crippen MR) is 84.4 cm³/mol. The monoisotopic (exact) mass is 337 g/mol. The quantitative estimate of drug-likeness (QED) is 0.626. The third-order valence-electron chi connectivity index (χ3n) is 4.09. The van der Waals surface area contributed by atoms with Crippen LogP contribution < -0.4 is 0 Å². The van der Waals surface area contributed by atoms with Crippen LogP contribution in [0.25, 0.3) is 0 Å². The molecule has 0 radical (unpaired) electrons. The zero-order valence-corrected chi connectivity index (χ0v) is 14.2. The summed E-state index contributed by atoms with van der Waals surface area (Å²) in [5.41, 5.74) is 1.88. The van der Waals surface area contributed by atoms with Crippen LogP contribution in [-0.2, 0) is 36.6 Å². The first-order chi connectivity index (χ1) is 11.5. The van der Waals surface area contributed by atoms with Gasteiger partial charge in [-0.3, -0.25) is 9.59 Å². The van der Waals surface area contributed by atoms with E-state index in [2.05, 4.69) is 4.98 Å². The average Bonchev–Trinajstić information content (AvgIpc) is 2.97. The molecule has 0 fully saturated rings. The number of aromatic amines is 1. The smallest absolute Gasteiger partial charge is 0.355 e.